The summed E-state index contributed by atoms with van der Waals surface area (Å²) in [6.07, 6.45) is 0. The Morgan fingerprint density at radius 1 is 1.86 bits per heavy atom. The Labute approximate surface area is 81.3 Å². The molecular weight excluding hydrogens is 186 g/mol. The van der Waals surface area contributed by atoms with Crippen LogP contribution in [0, 0.1) is 0 Å². The van der Waals surface area contributed by atoms with Crippen LogP contribution in [0.4, 0.5) is 0 Å². The van der Waals surface area contributed by atoms with E-state index in [-0.39, 0.29) is 12.3 Å². The first-order valence-corrected chi connectivity index (χ1v) is 4.08. The van der Waals surface area contributed by atoms with Crippen LogP contribution in [0.2, 0.25) is 0 Å². The highest BCUT2D eigenvalue weighted by atomic mass is 16.5. The highest BCUT2D eigenvalue weighted by Crippen LogP contribution is 2.11. The minimum Gasteiger partial charge on any atom is -0.464 e. The third kappa shape index (κ3) is 1.91. The molecule has 0 saturated heterocycles. The number of carbonyl (C=O) groups excluding carboxylic acids is 1. The molecule has 1 rings (SSSR count). The minimum atomic E-state index is -0.536. The molecule has 14 heavy (non-hydrogen) atoms. The van der Waals surface area contributed by atoms with Gasteiger partial charge in [-0.05, 0) is 6.07 Å². The number of methoxy groups -OCH3 is 1. The molecule has 0 aromatic carbocycles. The summed E-state index contributed by atoms with van der Waals surface area (Å²) in [6.45, 7) is -0.194. The molecule has 0 spiro atoms. The van der Waals surface area contributed by atoms with Crippen molar-refractivity contribution < 1.29 is 14.6 Å². The van der Waals surface area contributed by atoms with E-state index in [1.807, 2.05) is 0 Å². The number of esters is 1. The van der Waals surface area contributed by atoms with Gasteiger partial charge in [-0.3, -0.25) is 4.68 Å². The van der Waals surface area contributed by atoms with E-state index in [9.17, 15) is 4.79 Å². The second-order valence-corrected chi connectivity index (χ2v) is 2.86. The molecule has 0 aliphatic carbocycles. The first-order chi connectivity index (χ1) is 6.60. The fourth-order valence-electron chi connectivity index (χ4n) is 1.13. The maximum absolute atomic E-state index is 11.1. The van der Waals surface area contributed by atoms with Gasteiger partial charge in [-0.25, -0.2) is 4.79 Å². The largest absolute Gasteiger partial charge is 0.464 e. The Bertz CT molecular complexity index is 335. The zero-order valence-electron chi connectivity index (χ0n) is 8.10. The first-order valence-electron chi connectivity index (χ1n) is 4.08. The van der Waals surface area contributed by atoms with Crippen molar-refractivity contribution in [2.45, 2.75) is 6.04 Å². The summed E-state index contributed by atoms with van der Waals surface area (Å²) >= 11 is 0. The molecule has 78 valence electrons. The van der Waals surface area contributed by atoms with Gasteiger partial charge in [0.15, 0.2) is 5.69 Å². The lowest BCUT2D eigenvalue weighted by molar-refractivity contribution is 0.0593. The van der Waals surface area contributed by atoms with Crippen molar-refractivity contribution in [1.82, 2.24) is 9.78 Å². The Morgan fingerprint density at radius 2 is 2.50 bits per heavy atom. The van der Waals surface area contributed by atoms with Gasteiger partial charge in [0.05, 0.1) is 25.5 Å². The summed E-state index contributed by atoms with van der Waals surface area (Å²) in [5, 5.41) is 12.7. The molecule has 1 aromatic heterocycles. The molecule has 0 amide bonds. The predicted molar refractivity (Wildman–Crippen MR) is 48.6 cm³/mol. The van der Waals surface area contributed by atoms with Gasteiger partial charge in [-0.15, -0.1) is 0 Å². The Balaban J connectivity index is 2.98. The van der Waals surface area contributed by atoms with E-state index in [0.29, 0.717) is 5.69 Å². The van der Waals surface area contributed by atoms with Crippen LogP contribution in [-0.4, -0.2) is 34.6 Å². The number of nitrogens with zero attached hydrogens (tertiary/aromatic N) is 2. The zero-order valence-corrected chi connectivity index (χ0v) is 8.10. The van der Waals surface area contributed by atoms with E-state index < -0.39 is 12.0 Å². The van der Waals surface area contributed by atoms with Gasteiger partial charge in [0, 0.05) is 7.05 Å². The van der Waals surface area contributed by atoms with E-state index >= 15 is 0 Å². The smallest absolute Gasteiger partial charge is 0.358 e. The third-order valence-electron chi connectivity index (χ3n) is 1.89. The summed E-state index contributed by atoms with van der Waals surface area (Å²) in [5.74, 6) is -0.517. The molecular formula is C8H13N3O3. The number of aliphatic hydroxyl groups excluding tert-OH is 1. The minimum absolute atomic E-state index is 0.189. The molecule has 0 aliphatic rings. The summed E-state index contributed by atoms with van der Waals surface area (Å²) in [7, 11) is 2.93. The number of rotatable bonds is 3. The molecule has 0 radical (unpaired) electrons. The quantitative estimate of drug-likeness (QED) is 0.622. The van der Waals surface area contributed by atoms with Crippen LogP contribution in [0.15, 0.2) is 6.07 Å². The van der Waals surface area contributed by atoms with E-state index in [1.165, 1.54) is 17.9 Å². The van der Waals surface area contributed by atoms with Crippen LogP contribution in [0.3, 0.4) is 0 Å². The van der Waals surface area contributed by atoms with Gasteiger partial charge < -0.3 is 15.6 Å². The SMILES string of the molecule is COC(=O)c1cc([C@@H](N)CO)n(C)n1. The van der Waals surface area contributed by atoms with Crippen LogP contribution in [0.25, 0.3) is 0 Å². The van der Waals surface area contributed by atoms with E-state index in [1.54, 1.807) is 7.05 Å². The maximum Gasteiger partial charge on any atom is 0.358 e. The van der Waals surface area contributed by atoms with Crippen LogP contribution in [-0.2, 0) is 11.8 Å². The monoisotopic (exact) mass is 199 g/mol. The molecule has 1 atom stereocenters. The normalized spacial score (nSPS) is 12.6. The highest BCUT2D eigenvalue weighted by Gasteiger charge is 2.16. The number of carbonyl (C=O) groups is 1. The number of hydrogen-bond acceptors (Lipinski definition) is 5. The molecule has 6 heteroatoms. The molecule has 0 unspecified atom stereocenters. The molecule has 3 N–H and O–H groups in total. The molecule has 0 bridgehead atoms. The van der Waals surface area contributed by atoms with Crippen LogP contribution >= 0.6 is 0 Å². The van der Waals surface area contributed by atoms with Crippen molar-refractivity contribution in [2.24, 2.45) is 12.8 Å². The van der Waals surface area contributed by atoms with E-state index in [0.717, 1.165) is 0 Å². The lowest BCUT2D eigenvalue weighted by Gasteiger charge is -2.06. The summed E-state index contributed by atoms with van der Waals surface area (Å²) in [5.41, 5.74) is 6.37. The highest BCUT2D eigenvalue weighted by molar-refractivity contribution is 5.87. The number of aryl methyl sites for hydroxylation is 1. The average molecular weight is 199 g/mol. The van der Waals surface area contributed by atoms with Crippen molar-refractivity contribution in [3.63, 3.8) is 0 Å². The summed E-state index contributed by atoms with van der Waals surface area (Å²) in [4.78, 5) is 11.1. The fourth-order valence-corrected chi connectivity index (χ4v) is 1.13. The first kappa shape index (κ1) is 10.7. The number of hydrogen-bond donors (Lipinski definition) is 2. The van der Waals surface area contributed by atoms with Crippen molar-refractivity contribution in [3.05, 3.63) is 17.5 Å². The van der Waals surface area contributed by atoms with Crippen molar-refractivity contribution in [3.8, 4) is 0 Å². The Hall–Kier alpha value is -1.40. The maximum atomic E-state index is 11.1. The molecule has 1 aromatic rings. The fraction of sp³-hybridized carbons (Fsp3) is 0.500. The second-order valence-electron chi connectivity index (χ2n) is 2.86. The van der Waals surface area contributed by atoms with Gasteiger partial charge in [0.1, 0.15) is 0 Å². The van der Waals surface area contributed by atoms with Gasteiger partial charge in [-0.2, -0.15) is 5.10 Å². The summed E-state index contributed by atoms with van der Waals surface area (Å²) in [6, 6.07) is 0.970. The number of ether oxygens (including phenoxy) is 1. The second kappa shape index (κ2) is 4.21. The number of aromatic nitrogens is 2. The van der Waals surface area contributed by atoms with Crippen molar-refractivity contribution in [2.75, 3.05) is 13.7 Å². The predicted octanol–water partition coefficient (Wildman–Crippen LogP) is -0.801. The molecule has 1 heterocycles. The lowest BCUT2D eigenvalue weighted by Crippen LogP contribution is -2.17. The molecule has 6 nitrogen and oxygen atoms in total. The van der Waals surface area contributed by atoms with Gasteiger partial charge >= 0.3 is 5.97 Å². The van der Waals surface area contributed by atoms with Crippen molar-refractivity contribution in [1.29, 1.82) is 0 Å². The molecule has 0 saturated carbocycles. The van der Waals surface area contributed by atoms with Gasteiger partial charge in [0.25, 0.3) is 0 Å². The van der Waals surface area contributed by atoms with E-state index in [4.69, 9.17) is 10.8 Å². The van der Waals surface area contributed by atoms with Crippen LogP contribution in [0.1, 0.15) is 22.2 Å². The average Bonchev–Trinajstić information content (AvgIpc) is 2.58. The number of aliphatic hydroxyl groups is 1. The van der Waals surface area contributed by atoms with Crippen LogP contribution < -0.4 is 5.73 Å². The van der Waals surface area contributed by atoms with Crippen molar-refractivity contribution >= 4 is 5.97 Å². The standard InChI is InChI=1S/C8H13N3O3/c1-11-7(5(9)4-12)3-6(10-11)8(13)14-2/h3,5,12H,4,9H2,1-2H3/t5-/m0/s1. The lowest BCUT2D eigenvalue weighted by atomic mass is 10.2. The van der Waals surface area contributed by atoms with Gasteiger partial charge in [-0.1, -0.05) is 0 Å². The Kier molecular flexibility index (Phi) is 3.21. The molecule has 0 aliphatic heterocycles. The summed E-state index contributed by atoms with van der Waals surface area (Å²) < 4.78 is 5.95. The Morgan fingerprint density at radius 3 is 3.00 bits per heavy atom. The number of nitrogens with two attached hydrogens (primary N) is 1. The zero-order chi connectivity index (χ0) is 10.7. The molecule has 0 fully saturated rings. The topological polar surface area (TPSA) is 90.4 Å². The van der Waals surface area contributed by atoms with Gasteiger partial charge in [0.2, 0.25) is 0 Å². The van der Waals surface area contributed by atoms with Crippen LogP contribution in [0.5, 0.6) is 0 Å². The van der Waals surface area contributed by atoms with E-state index in [2.05, 4.69) is 9.84 Å². The third-order valence-corrected chi connectivity index (χ3v) is 1.89.